The van der Waals surface area contributed by atoms with Crippen LogP contribution in [0.15, 0.2) is 35.2 Å². The van der Waals surface area contributed by atoms with E-state index < -0.39 is 6.10 Å². The number of aliphatic hydroxyl groups is 2. The zero-order chi connectivity index (χ0) is 13.5. The van der Waals surface area contributed by atoms with Gasteiger partial charge in [-0.25, -0.2) is 0 Å². The molecular weight excluding hydrogens is 244 g/mol. The van der Waals surface area contributed by atoms with Crippen LogP contribution in [0, 0.1) is 11.8 Å². The van der Waals surface area contributed by atoms with Crippen molar-refractivity contribution in [1.82, 2.24) is 0 Å². The molecule has 3 atom stereocenters. The Morgan fingerprint density at radius 2 is 1.72 bits per heavy atom. The van der Waals surface area contributed by atoms with Crippen molar-refractivity contribution in [2.45, 2.75) is 43.4 Å². The largest absolute Gasteiger partial charge is 0.396 e. The molecule has 0 aliphatic heterocycles. The molecule has 2 N–H and O–H groups in total. The fraction of sp³-hybridized carbons (Fsp3) is 0.600. The highest BCUT2D eigenvalue weighted by Crippen LogP contribution is 2.32. The Bertz CT molecular complexity index is 327. The van der Waals surface area contributed by atoms with Crippen LogP contribution in [0.3, 0.4) is 0 Å². The summed E-state index contributed by atoms with van der Waals surface area (Å²) in [4.78, 5) is 1.17. The van der Waals surface area contributed by atoms with E-state index in [4.69, 9.17) is 0 Å². The van der Waals surface area contributed by atoms with Gasteiger partial charge >= 0.3 is 0 Å². The second kappa shape index (κ2) is 7.82. The Hall–Kier alpha value is -0.510. The van der Waals surface area contributed by atoms with Crippen molar-refractivity contribution in [3.8, 4) is 0 Å². The average Bonchev–Trinajstić information content (AvgIpc) is 2.37. The van der Waals surface area contributed by atoms with Crippen LogP contribution in [0.25, 0.3) is 0 Å². The molecule has 102 valence electrons. The first-order chi connectivity index (χ1) is 8.54. The lowest BCUT2D eigenvalue weighted by atomic mass is 9.97. The van der Waals surface area contributed by atoms with Crippen LogP contribution in [-0.4, -0.2) is 28.2 Å². The predicted molar refractivity (Wildman–Crippen MR) is 77.8 cm³/mol. The molecule has 0 aliphatic rings. The zero-order valence-electron chi connectivity index (χ0n) is 11.4. The molecule has 0 aromatic heterocycles. The number of hydrogen-bond acceptors (Lipinski definition) is 3. The minimum Gasteiger partial charge on any atom is -0.396 e. The van der Waals surface area contributed by atoms with Gasteiger partial charge in [0.15, 0.2) is 0 Å². The number of hydrogen-bond donors (Lipinski definition) is 2. The molecule has 0 amide bonds. The SMILES string of the molecule is CC(C)C[C@H](Sc1ccccc1)[C@@H](O)[C@H](C)CO. The van der Waals surface area contributed by atoms with Gasteiger partial charge in [0.2, 0.25) is 0 Å². The third kappa shape index (κ3) is 5.01. The molecule has 1 aromatic rings. The van der Waals surface area contributed by atoms with Crippen LogP contribution in [0.5, 0.6) is 0 Å². The molecule has 0 unspecified atom stereocenters. The highest BCUT2D eigenvalue weighted by Gasteiger charge is 2.26. The van der Waals surface area contributed by atoms with E-state index in [9.17, 15) is 10.2 Å². The summed E-state index contributed by atoms with van der Waals surface area (Å²) in [5, 5.41) is 19.6. The quantitative estimate of drug-likeness (QED) is 0.746. The van der Waals surface area contributed by atoms with Crippen molar-refractivity contribution in [3.05, 3.63) is 30.3 Å². The molecule has 1 rings (SSSR count). The monoisotopic (exact) mass is 268 g/mol. The maximum atomic E-state index is 10.3. The topological polar surface area (TPSA) is 40.5 Å². The van der Waals surface area contributed by atoms with Crippen LogP contribution in [0.1, 0.15) is 27.2 Å². The van der Waals surface area contributed by atoms with E-state index in [0.29, 0.717) is 5.92 Å². The summed E-state index contributed by atoms with van der Waals surface area (Å²) < 4.78 is 0. The summed E-state index contributed by atoms with van der Waals surface area (Å²) in [6, 6.07) is 10.1. The molecule has 0 bridgehead atoms. The zero-order valence-corrected chi connectivity index (χ0v) is 12.2. The van der Waals surface area contributed by atoms with Gasteiger partial charge in [0, 0.05) is 22.7 Å². The molecule has 2 nitrogen and oxygen atoms in total. The Morgan fingerprint density at radius 1 is 1.11 bits per heavy atom. The van der Waals surface area contributed by atoms with Gasteiger partial charge in [-0.1, -0.05) is 39.0 Å². The predicted octanol–water partition coefficient (Wildman–Crippen LogP) is 3.18. The lowest BCUT2D eigenvalue weighted by Gasteiger charge is -2.27. The molecule has 1 aromatic carbocycles. The van der Waals surface area contributed by atoms with E-state index in [1.54, 1.807) is 11.8 Å². The van der Waals surface area contributed by atoms with Gasteiger partial charge in [-0.15, -0.1) is 11.8 Å². The summed E-state index contributed by atoms with van der Waals surface area (Å²) in [7, 11) is 0. The van der Waals surface area contributed by atoms with Crippen molar-refractivity contribution in [2.75, 3.05) is 6.61 Å². The average molecular weight is 268 g/mol. The van der Waals surface area contributed by atoms with Crippen molar-refractivity contribution < 1.29 is 10.2 Å². The maximum absolute atomic E-state index is 10.3. The smallest absolute Gasteiger partial charge is 0.0709 e. The van der Waals surface area contributed by atoms with Crippen LogP contribution >= 0.6 is 11.8 Å². The second-order valence-corrected chi connectivity index (χ2v) is 6.56. The maximum Gasteiger partial charge on any atom is 0.0709 e. The number of thioether (sulfide) groups is 1. The fourth-order valence-electron chi connectivity index (χ4n) is 1.87. The Kier molecular flexibility index (Phi) is 6.76. The molecule has 18 heavy (non-hydrogen) atoms. The lowest BCUT2D eigenvalue weighted by molar-refractivity contribution is 0.0711. The Balaban J connectivity index is 2.72. The van der Waals surface area contributed by atoms with Crippen LogP contribution < -0.4 is 0 Å². The van der Waals surface area contributed by atoms with Gasteiger partial charge in [0.25, 0.3) is 0 Å². The van der Waals surface area contributed by atoms with E-state index >= 15 is 0 Å². The fourth-order valence-corrected chi connectivity index (χ4v) is 3.42. The first-order valence-corrected chi connectivity index (χ1v) is 7.43. The van der Waals surface area contributed by atoms with E-state index in [-0.39, 0.29) is 17.8 Å². The molecule has 0 fully saturated rings. The molecule has 0 spiro atoms. The first kappa shape index (κ1) is 15.5. The normalized spacial score (nSPS) is 16.6. The third-order valence-corrected chi connectivity index (χ3v) is 4.30. The van der Waals surface area contributed by atoms with Crippen molar-refractivity contribution in [2.24, 2.45) is 11.8 Å². The lowest BCUT2D eigenvalue weighted by Crippen LogP contribution is -2.32. The molecule has 0 heterocycles. The van der Waals surface area contributed by atoms with Gasteiger partial charge in [-0.2, -0.15) is 0 Å². The molecular formula is C15H24O2S. The van der Waals surface area contributed by atoms with E-state index in [2.05, 4.69) is 26.0 Å². The highest BCUT2D eigenvalue weighted by atomic mass is 32.2. The summed E-state index contributed by atoms with van der Waals surface area (Å²) in [5.74, 6) is 0.455. The van der Waals surface area contributed by atoms with Gasteiger partial charge in [-0.05, 0) is 24.5 Å². The van der Waals surface area contributed by atoms with Crippen LogP contribution in [0.4, 0.5) is 0 Å². The second-order valence-electron chi connectivity index (χ2n) is 5.25. The van der Waals surface area contributed by atoms with E-state index in [1.165, 1.54) is 4.90 Å². The summed E-state index contributed by atoms with van der Waals surface area (Å²) >= 11 is 1.71. The minimum atomic E-state index is -0.470. The Morgan fingerprint density at radius 3 is 2.22 bits per heavy atom. The van der Waals surface area contributed by atoms with Crippen molar-refractivity contribution in [3.63, 3.8) is 0 Å². The van der Waals surface area contributed by atoms with Crippen LogP contribution in [-0.2, 0) is 0 Å². The van der Waals surface area contributed by atoms with Crippen LogP contribution in [0.2, 0.25) is 0 Å². The third-order valence-electron chi connectivity index (χ3n) is 2.99. The molecule has 0 saturated carbocycles. The van der Waals surface area contributed by atoms with E-state index in [1.807, 2.05) is 25.1 Å². The standard InChI is InChI=1S/C15H24O2S/c1-11(2)9-14(15(17)12(3)10-16)18-13-7-5-4-6-8-13/h4-8,11-12,14-17H,9-10H2,1-3H3/t12-,14+,15+/m1/s1. The van der Waals surface area contributed by atoms with Crippen molar-refractivity contribution >= 4 is 11.8 Å². The molecule has 0 saturated heterocycles. The molecule has 0 radical (unpaired) electrons. The molecule has 3 heteroatoms. The number of rotatable bonds is 7. The highest BCUT2D eigenvalue weighted by molar-refractivity contribution is 8.00. The summed E-state index contributed by atoms with van der Waals surface area (Å²) in [6.07, 6.45) is 0.480. The van der Waals surface area contributed by atoms with Gasteiger partial charge < -0.3 is 10.2 Å². The number of benzene rings is 1. The summed E-state index contributed by atoms with van der Waals surface area (Å²) in [5.41, 5.74) is 0. The van der Waals surface area contributed by atoms with Gasteiger partial charge in [0.1, 0.15) is 0 Å². The van der Waals surface area contributed by atoms with Crippen molar-refractivity contribution in [1.29, 1.82) is 0 Å². The first-order valence-electron chi connectivity index (χ1n) is 6.55. The number of aliphatic hydroxyl groups excluding tert-OH is 2. The van der Waals surface area contributed by atoms with E-state index in [0.717, 1.165) is 6.42 Å². The van der Waals surface area contributed by atoms with Gasteiger partial charge in [-0.3, -0.25) is 0 Å². The van der Waals surface area contributed by atoms with Gasteiger partial charge in [0.05, 0.1) is 6.10 Å². The summed E-state index contributed by atoms with van der Waals surface area (Å²) in [6.45, 7) is 6.25. The Labute approximate surface area is 114 Å². The minimum absolute atomic E-state index is 0.0328. The molecule has 0 aliphatic carbocycles.